The molecular weight excluding hydrogens is 518 g/mol. The summed E-state index contributed by atoms with van der Waals surface area (Å²) in [5.74, 6) is 0.0596. The molecule has 244 valence electrons. The number of carbonyl (C=O) groups excluding carboxylic acids is 1. The highest BCUT2D eigenvalue weighted by Gasteiger charge is 2.45. The van der Waals surface area contributed by atoms with E-state index in [1.165, 1.54) is 135 Å². The van der Waals surface area contributed by atoms with Crippen LogP contribution in [0, 0.1) is 5.92 Å². The van der Waals surface area contributed by atoms with E-state index < -0.39 is 37.3 Å². The number of aliphatic hydroxyl groups excluding tert-OH is 3. The van der Waals surface area contributed by atoms with E-state index in [9.17, 15) is 20.1 Å². The van der Waals surface area contributed by atoms with Crippen molar-refractivity contribution in [3.05, 3.63) is 0 Å². The predicted octanol–water partition coefficient (Wildman–Crippen LogP) is 7.18. The molecule has 0 aliphatic carbocycles. The Morgan fingerprint density at radius 2 is 1.12 bits per heavy atom. The molecule has 7 heteroatoms. The van der Waals surface area contributed by atoms with Crippen LogP contribution in [-0.4, -0.2) is 65.1 Å². The summed E-state index contributed by atoms with van der Waals surface area (Å²) < 4.78 is 12.0. The molecule has 1 rings (SSSR count). The van der Waals surface area contributed by atoms with Crippen molar-refractivity contribution in [1.29, 1.82) is 0 Å². The minimum absolute atomic E-state index is 0.326. The van der Waals surface area contributed by atoms with Crippen molar-refractivity contribution >= 4 is 5.91 Å². The highest BCUT2D eigenvalue weighted by Crippen LogP contribution is 2.25. The molecule has 0 radical (unpaired) electrons. The van der Waals surface area contributed by atoms with Crippen LogP contribution in [0.25, 0.3) is 0 Å². The van der Waals surface area contributed by atoms with Crippen molar-refractivity contribution in [3.8, 4) is 0 Å². The number of nitrogens with one attached hydrogen (secondary N) is 1. The third-order valence-electron chi connectivity index (χ3n) is 8.68. The van der Waals surface area contributed by atoms with Gasteiger partial charge in [-0.25, -0.2) is 0 Å². The topological polar surface area (TPSA) is 108 Å². The fourth-order valence-corrected chi connectivity index (χ4v) is 6.00. The summed E-state index contributed by atoms with van der Waals surface area (Å²) in [6.45, 7) is 5.95. The van der Waals surface area contributed by atoms with Gasteiger partial charge in [-0.2, -0.15) is 0 Å². The second-order valence-electron chi connectivity index (χ2n) is 12.6. The Morgan fingerprint density at radius 1 is 0.707 bits per heavy atom. The number of ether oxygens (including phenoxy) is 2. The van der Waals surface area contributed by atoms with Crippen LogP contribution < -0.4 is 5.32 Å². The smallest absolute Gasteiger partial charge is 0.217 e. The van der Waals surface area contributed by atoms with Crippen LogP contribution in [0.4, 0.5) is 0 Å². The van der Waals surface area contributed by atoms with Gasteiger partial charge in [0.1, 0.15) is 24.4 Å². The SMILES string of the molecule is CCCCCCCCCCCCC(CCCCCCCCCCCC)CO[C@@H]1O[C@H](CO)[C@H](O)[C@@H](O)[C@@H]1NC(C)=O. The second kappa shape index (κ2) is 25.7. The summed E-state index contributed by atoms with van der Waals surface area (Å²) in [4.78, 5) is 11.8. The molecule has 1 amide bonds. The summed E-state index contributed by atoms with van der Waals surface area (Å²) in [6, 6.07) is -0.874. The van der Waals surface area contributed by atoms with Gasteiger partial charge in [0.15, 0.2) is 6.29 Å². The number of amides is 1. The van der Waals surface area contributed by atoms with Crippen molar-refractivity contribution in [2.75, 3.05) is 13.2 Å². The monoisotopic (exact) mass is 585 g/mol. The highest BCUT2D eigenvalue weighted by molar-refractivity contribution is 5.73. The molecule has 5 atom stereocenters. The van der Waals surface area contributed by atoms with E-state index in [0.717, 1.165) is 12.8 Å². The second-order valence-corrected chi connectivity index (χ2v) is 12.6. The van der Waals surface area contributed by atoms with Gasteiger partial charge in [0.05, 0.1) is 13.2 Å². The molecule has 0 aromatic carbocycles. The van der Waals surface area contributed by atoms with Crippen molar-refractivity contribution in [2.24, 2.45) is 5.92 Å². The van der Waals surface area contributed by atoms with Gasteiger partial charge in [0, 0.05) is 6.92 Å². The molecule has 1 aliphatic heterocycles. The Balaban J connectivity index is 2.49. The summed E-state index contributed by atoms with van der Waals surface area (Å²) >= 11 is 0. The lowest BCUT2D eigenvalue weighted by atomic mass is 9.94. The molecule has 41 heavy (non-hydrogen) atoms. The van der Waals surface area contributed by atoms with Crippen molar-refractivity contribution in [1.82, 2.24) is 5.32 Å². The molecule has 0 spiro atoms. The molecule has 1 saturated heterocycles. The Bertz CT molecular complexity index is 582. The zero-order chi connectivity index (χ0) is 30.1. The predicted molar refractivity (Wildman–Crippen MR) is 168 cm³/mol. The molecule has 4 N–H and O–H groups in total. The molecule has 0 aromatic rings. The maximum absolute atomic E-state index is 11.8. The van der Waals surface area contributed by atoms with Crippen LogP contribution in [0.15, 0.2) is 0 Å². The Labute approximate surface area is 252 Å². The van der Waals surface area contributed by atoms with E-state index in [0.29, 0.717) is 12.5 Å². The summed E-state index contributed by atoms with van der Waals surface area (Å²) in [5.41, 5.74) is 0. The van der Waals surface area contributed by atoms with Crippen LogP contribution in [-0.2, 0) is 14.3 Å². The van der Waals surface area contributed by atoms with Crippen LogP contribution in [0.2, 0.25) is 0 Å². The lowest BCUT2D eigenvalue weighted by molar-refractivity contribution is -0.272. The van der Waals surface area contributed by atoms with E-state index >= 15 is 0 Å². The van der Waals surface area contributed by atoms with Crippen LogP contribution in [0.1, 0.15) is 162 Å². The average Bonchev–Trinajstić information content (AvgIpc) is 2.96. The number of hydrogen-bond donors (Lipinski definition) is 4. The van der Waals surface area contributed by atoms with Crippen molar-refractivity contribution in [3.63, 3.8) is 0 Å². The minimum atomic E-state index is -1.29. The van der Waals surface area contributed by atoms with Crippen LogP contribution >= 0.6 is 0 Å². The average molecular weight is 586 g/mol. The maximum Gasteiger partial charge on any atom is 0.217 e. The standard InChI is InChI=1S/C34H67NO6/c1-4-6-8-10-12-14-16-18-20-22-24-29(25-23-21-19-17-15-13-11-9-7-5-2)27-40-34-31(35-28(3)37)33(39)32(38)30(26-36)41-34/h29-34,36,38-39H,4-27H2,1-3H3,(H,35,37)/t30-,31+,32+,33+,34-/m1/s1. The molecule has 7 nitrogen and oxygen atoms in total. The Kier molecular flexibility index (Phi) is 24.0. The highest BCUT2D eigenvalue weighted by atomic mass is 16.7. The van der Waals surface area contributed by atoms with Gasteiger partial charge in [0.2, 0.25) is 5.91 Å². The lowest BCUT2D eigenvalue weighted by Gasteiger charge is -2.42. The number of hydrogen-bond acceptors (Lipinski definition) is 6. The van der Waals surface area contributed by atoms with Crippen LogP contribution in [0.3, 0.4) is 0 Å². The third kappa shape index (κ3) is 18.5. The van der Waals surface area contributed by atoms with Gasteiger partial charge in [-0.15, -0.1) is 0 Å². The first-order valence-corrected chi connectivity index (χ1v) is 17.5. The molecule has 1 heterocycles. The van der Waals surface area contributed by atoms with Gasteiger partial charge in [0.25, 0.3) is 0 Å². The number of carbonyl (C=O) groups is 1. The first-order chi connectivity index (χ1) is 19.9. The normalized spacial score (nSPS) is 22.9. The minimum Gasteiger partial charge on any atom is -0.394 e. The lowest BCUT2D eigenvalue weighted by Crippen LogP contribution is -2.64. The summed E-state index contributed by atoms with van der Waals surface area (Å²) in [6.07, 6.45) is 24.1. The van der Waals surface area contributed by atoms with Crippen molar-refractivity contribution in [2.45, 2.75) is 193 Å². The van der Waals surface area contributed by atoms with Gasteiger partial charge in [-0.05, 0) is 18.8 Å². The van der Waals surface area contributed by atoms with Crippen molar-refractivity contribution < 1.29 is 29.6 Å². The number of rotatable bonds is 27. The van der Waals surface area contributed by atoms with E-state index in [2.05, 4.69) is 19.2 Å². The fourth-order valence-electron chi connectivity index (χ4n) is 6.00. The van der Waals surface area contributed by atoms with Gasteiger partial charge < -0.3 is 30.1 Å². The largest absolute Gasteiger partial charge is 0.394 e. The number of aliphatic hydroxyl groups is 3. The number of unbranched alkanes of at least 4 members (excludes halogenated alkanes) is 18. The Morgan fingerprint density at radius 3 is 1.51 bits per heavy atom. The maximum atomic E-state index is 11.8. The van der Waals surface area contributed by atoms with E-state index in [4.69, 9.17) is 9.47 Å². The quantitative estimate of drug-likeness (QED) is 0.0760. The van der Waals surface area contributed by atoms with Gasteiger partial charge in [-0.3, -0.25) is 4.79 Å². The van der Waals surface area contributed by atoms with Crippen LogP contribution in [0.5, 0.6) is 0 Å². The molecule has 0 bridgehead atoms. The fraction of sp³-hybridized carbons (Fsp3) is 0.971. The molecule has 0 unspecified atom stereocenters. The summed E-state index contributed by atoms with van der Waals surface area (Å²) in [5, 5.41) is 33.2. The van der Waals surface area contributed by atoms with Gasteiger partial charge in [-0.1, -0.05) is 142 Å². The van der Waals surface area contributed by atoms with Gasteiger partial charge >= 0.3 is 0 Å². The zero-order valence-corrected chi connectivity index (χ0v) is 27.0. The van der Waals surface area contributed by atoms with E-state index in [-0.39, 0.29) is 5.91 Å². The first kappa shape index (κ1) is 38.3. The molecule has 1 aliphatic rings. The first-order valence-electron chi connectivity index (χ1n) is 17.5. The van der Waals surface area contributed by atoms with E-state index in [1.54, 1.807) is 0 Å². The zero-order valence-electron chi connectivity index (χ0n) is 27.0. The van der Waals surface area contributed by atoms with E-state index in [1.807, 2.05) is 0 Å². The molecule has 0 saturated carbocycles. The Hall–Kier alpha value is -0.730. The summed E-state index contributed by atoms with van der Waals surface area (Å²) in [7, 11) is 0. The molecule has 0 aromatic heterocycles. The molecular formula is C34H67NO6. The third-order valence-corrected chi connectivity index (χ3v) is 8.68. The molecule has 1 fully saturated rings.